The van der Waals surface area contributed by atoms with Crippen LogP contribution in [0.1, 0.15) is 24.3 Å². The van der Waals surface area contributed by atoms with Crippen molar-refractivity contribution < 1.29 is 0 Å². The van der Waals surface area contributed by atoms with Crippen LogP contribution in [-0.4, -0.2) is 18.1 Å². The van der Waals surface area contributed by atoms with E-state index in [0.717, 1.165) is 17.8 Å². The molecule has 3 rings (SSSR count). The van der Waals surface area contributed by atoms with E-state index in [4.69, 9.17) is 0 Å². The zero-order chi connectivity index (χ0) is 9.38. The molecule has 1 aromatic rings. The van der Waals surface area contributed by atoms with Crippen LogP contribution in [-0.2, 0) is 0 Å². The Morgan fingerprint density at radius 2 is 1.93 bits per heavy atom. The number of hydrogen-bond donors (Lipinski definition) is 1. The highest BCUT2D eigenvalue weighted by atomic mass is 35.5. The summed E-state index contributed by atoms with van der Waals surface area (Å²) >= 11 is 0. The predicted octanol–water partition coefficient (Wildman–Crippen LogP) is 2.22. The maximum atomic E-state index is 4.21. The Morgan fingerprint density at radius 1 is 1.20 bits per heavy atom. The van der Waals surface area contributed by atoms with E-state index in [2.05, 4.69) is 22.4 Å². The molecule has 1 aliphatic carbocycles. The van der Waals surface area contributed by atoms with Gasteiger partial charge in [-0.3, -0.25) is 4.98 Å². The molecular formula is C12H17ClN2. The number of nitrogens with zero attached hydrogens (tertiary/aromatic N) is 1. The smallest absolute Gasteiger partial charge is 0.0302 e. The normalized spacial score (nSPS) is 33.5. The molecule has 1 unspecified atom stereocenters. The Labute approximate surface area is 96.9 Å². The Hall–Kier alpha value is -0.600. The highest BCUT2D eigenvalue weighted by Crippen LogP contribution is 2.43. The molecule has 0 bridgehead atoms. The molecule has 0 amide bonds. The summed E-state index contributed by atoms with van der Waals surface area (Å²) in [6, 6.07) is 4.29. The van der Waals surface area contributed by atoms with Crippen LogP contribution in [0.2, 0.25) is 0 Å². The SMILES string of the molecule is Cl.c1cncc(C2C[C@H]3CNC[C@H]3C2)c1. The van der Waals surface area contributed by atoms with Crippen LogP contribution in [0.5, 0.6) is 0 Å². The van der Waals surface area contributed by atoms with Crippen LogP contribution in [0.4, 0.5) is 0 Å². The van der Waals surface area contributed by atoms with Gasteiger partial charge in [0.25, 0.3) is 0 Å². The molecule has 82 valence electrons. The van der Waals surface area contributed by atoms with Crippen molar-refractivity contribution in [1.82, 2.24) is 10.3 Å². The van der Waals surface area contributed by atoms with Gasteiger partial charge in [0, 0.05) is 12.4 Å². The van der Waals surface area contributed by atoms with E-state index < -0.39 is 0 Å². The quantitative estimate of drug-likeness (QED) is 0.792. The van der Waals surface area contributed by atoms with Crippen molar-refractivity contribution >= 4 is 12.4 Å². The molecule has 2 aliphatic rings. The minimum atomic E-state index is 0. The topological polar surface area (TPSA) is 24.9 Å². The molecule has 2 heterocycles. The Kier molecular flexibility index (Phi) is 3.27. The molecule has 15 heavy (non-hydrogen) atoms. The molecule has 0 aromatic carbocycles. The Morgan fingerprint density at radius 3 is 2.53 bits per heavy atom. The van der Waals surface area contributed by atoms with E-state index in [0.29, 0.717) is 0 Å². The fraction of sp³-hybridized carbons (Fsp3) is 0.583. The van der Waals surface area contributed by atoms with Crippen LogP contribution in [0, 0.1) is 11.8 Å². The lowest BCUT2D eigenvalue weighted by molar-refractivity contribution is 0.494. The second-order valence-corrected chi connectivity index (χ2v) is 4.63. The van der Waals surface area contributed by atoms with Crippen molar-refractivity contribution in [2.45, 2.75) is 18.8 Å². The summed E-state index contributed by atoms with van der Waals surface area (Å²) in [6.07, 6.45) is 6.63. The third kappa shape index (κ3) is 2.01. The first-order chi connectivity index (χ1) is 6.93. The minimum Gasteiger partial charge on any atom is -0.316 e. The van der Waals surface area contributed by atoms with Crippen LogP contribution >= 0.6 is 12.4 Å². The summed E-state index contributed by atoms with van der Waals surface area (Å²) in [4.78, 5) is 4.21. The first-order valence-corrected chi connectivity index (χ1v) is 5.54. The zero-order valence-corrected chi connectivity index (χ0v) is 9.54. The van der Waals surface area contributed by atoms with Crippen molar-refractivity contribution in [3.63, 3.8) is 0 Å². The summed E-state index contributed by atoms with van der Waals surface area (Å²) in [6.45, 7) is 2.48. The maximum absolute atomic E-state index is 4.21. The molecule has 3 atom stereocenters. The summed E-state index contributed by atoms with van der Waals surface area (Å²) < 4.78 is 0. The third-order valence-corrected chi connectivity index (χ3v) is 3.81. The van der Waals surface area contributed by atoms with Crippen LogP contribution in [0.25, 0.3) is 0 Å². The molecule has 1 N–H and O–H groups in total. The lowest BCUT2D eigenvalue weighted by atomic mass is 9.98. The van der Waals surface area contributed by atoms with Gasteiger partial charge >= 0.3 is 0 Å². The van der Waals surface area contributed by atoms with Crippen molar-refractivity contribution in [2.75, 3.05) is 13.1 Å². The van der Waals surface area contributed by atoms with Gasteiger partial charge in [-0.2, -0.15) is 0 Å². The molecule has 1 saturated heterocycles. The van der Waals surface area contributed by atoms with E-state index in [1.165, 1.54) is 31.5 Å². The number of fused-ring (bicyclic) bond motifs is 1. The fourth-order valence-corrected chi connectivity index (χ4v) is 3.06. The average molecular weight is 225 g/mol. The van der Waals surface area contributed by atoms with Crippen LogP contribution < -0.4 is 5.32 Å². The zero-order valence-electron chi connectivity index (χ0n) is 8.73. The molecule has 1 saturated carbocycles. The Bertz CT molecular complexity index is 303. The molecule has 1 aromatic heterocycles. The second-order valence-electron chi connectivity index (χ2n) is 4.63. The van der Waals surface area contributed by atoms with Gasteiger partial charge in [-0.05, 0) is 55.3 Å². The maximum Gasteiger partial charge on any atom is 0.0302 e. The number of halogens is 1. The van der Waals surface area contributed by atoms with E-state index in [1.807, 2.05) is 12.4 Å². The third-order valence-electron chi connectivity index (χ3n) is 3.81. The number of rotatable bonds is 1. The first kappa shape index (κ1) is 10.9. The first-order valence-electron chi connectivity index (χ1n) is 5.54. The van der Waals surface area contributed by atoms with Gasteiger partial charge in [-0.1, -0.05) is 6.07 Å². The van der Waals surface area contributed by atoms with Gasteiger partial charge in [-0.15, -0.1) is 12.4 Å². The van der Waals surface area contributed by atoms with E-state index in [9.17, 15) is 0 Å². The molecule has 0 radical (unpaired) electrons. The number of pyridine rings is 1. The molecule has 3 heteroatoms. The van der Waals surface area contributed by atoms with Gasteiger partial charge in [0.05, 0.1) is 0 Å². The van der Waals surface area contributed by atoms with Gasteiger partial charge in [0.1, 0.15) is 0 Å². The summed E-state index contributed by atoms with van der Waals surface area (Å²) in [5.41, 5.74) is 1.45. The van der Waals surface area contributed by atoms with Gasteiger partial charge in [0.2, 0.25) is 0 Å². The number of nitrogens with one attached hydrogen (secondary N) is 1. The lowest BCUT2D eigenvalue weighted by Crippen LogP contribution is -2.11. The second kappa shape index (κ2) is 4.50. The van der Waals surface area contributed by atoms with Crippen molar-refractivity contribution in [1.29, 1.82) is 0 Å². The summed E-state index contributed by atoms with van der Waals surface area (Å²) in [5, 5.41) is 3.48. The molecule has 2 nitrogen and oxygen atoms in total. The van der Waals surface area contributed by atoms with Crippen molar-refractivity contribution in [3.8, 4) is 0 Å². The minimum absolute atomic E-state index is 0. The van der Waals surface area contributed by atoms with Crippen LogP contribution in [0.3, 0.4) is 0 Å². The number of hydrogen-bond acceptors (Lipinski definition) is 2. The fourth-order valence-electron chi connectivity index (χ4n) is 3.06. The predicted molar refractivity (Wildman–Crippen MR) is 63.3 cm³/mol. The molecule has 2 fully saturated rings. The van der Waals surface area contributed by atoms with Gasteiger partial charge in [0.15, 0.2) is 0 Å². The number of aromatic nitrogens is 1. The monoisotopic (exact) mass is 224 g/mol. The van der Waals surface area contributed by atoms with Crippen LogP contribution in [0.15, 0.2) is 24.5 Å². The van der Waals surface area contributed by atoms with Gasteiger partial charge in [-0.25, -0.2) is 0 Å². The largest absolute Gasteiger partial charge is 0.316 e. The van der Waals surface area contributed by atoms with E-state index >= 15 is 0 Å². The average Bonchev–Trinajstić information content (AvgIpc) is 2.78. The van der Waals surface area contributed by atoms with Crippen molar-refractivity contribution in [2.24, 2.45) is 11.8 Å². The lowest BCUT2D eigenvalue weighted by Gasteiger charge is -2.10. The summed E-state index contributed by atoms with van der Waals surface area (Å²) in [7, 11) is 0. The van der Waals surface area contributed by atoms with Crippen molar-refractivity contribution in [3.05, 3.63) is 30.1 Å². The van der Waals surface area contributed by atoms with E-state index in [1.54, 1.807) is 0 Å². The highest BCUT2D eigenvalue weighted by Gasteiger charge is 2.37. The molecule has 1 aliphatic heterocycles. The van der Waals surface area contributed by atoms with Gasteiger partial charge < -0.3 is 5.32 Å². The summed E-state index contributed by atoms with van der Waals surface area (Å²) in [5.74, 6) is 2.64. The van der Waals surface area contributed by atoms with E-state index in [-0.39, 0.29) is 12.4 Å². The Balaban J connectivity index is 0.000000853. The molecular weight excluding hydrogens is 208 g/mol. The molecule has 0 spiro atoms. The highest BCUT2D eigenvalue weighted by molar-refractivity contribution is 5.85. The standard InChI is InChI=1S/C12H16N2.ClH/c1-2-9(6-13-3-1)10-4-11-7-14-8-12(11)5-10;/h1-3,6,10-12,14H,4-5,7-8H2;1H/t10?,11-,12+;.